The van der Waals surface area contributed by atoms with Gasteiger partial charge in [0, 0.05) is 18.3 Å². The first-order valence-corrected chi connectivity index (χ1v) is 7.86. The first kappa shape index (κ1) is 16.2. The van der Waals surface area contributed by atoms with Crippen LogP contribution < -0.4 is 10.1 Å². The van der Waals surface area contributed by atoms with Crippen LogP contribution in [0.1, 0.15) is 11.1 Å². The highest BCUT2D eigenvalue weighted by Gasteiger charge is 2.06. The summed E-state index contributed by atoms with van der Waals surface area (Å²) in [6.45, 7) is 2.63. The molecule has 1 aromatic carbocycles. The zero-order valence-electron chi connectivity index (χ0n) is 13.5. The highest BCUT2D eigenvalue weighted by atomic mass is 35.5. The lowest BCUT2D eigenvalue weighted by atomic mass is 10.1. The fraction of sp³-hybridized carbons (Fsp3) is 0.167. The summed E-state index contributed by atoms with van der Waals surface area (Å²) in [7, 11) is 1.57. The zero-order valence-corrected chi connectivity index (χ0v) is 14.2. The Bertz CT molecular complexity index is 819. The average Bonchev–Trinajstić information content (AvgIpc) is 2.61. The van der Waals surface area contributed by atoms with Gasteiger partial charge in [0.1, 0.15) is 0 Å². The number of nitrogens with zero attached hydrogens (tertiary/aromatic N) is 3. The summed E-state index contributed by atoms with van der Waals surface area (Å²) in [4.78, 5) is 12.5. The number of anilines is 1. The molecule has 0 spiro atoms. The number of rotatable bonds is 5. The van der Waals surface area contributed by atoms with Crippen molar-refractivity contribution in [3.8, 4) is 17.0 Å². The van der Waals surface area contributed by atoms with Crippen LogP contribution in [0.3, 0.4) is 0 Å². The number of nitrogens with one attached hydrogen (secondary N) is 1. The van der Waals surface area contributed by atoms with Gasteiger partial charge in [-0.25, -0.2) is 4.98 Å². The highest BCUT2D eigenvalue weighted by molar-refractivity contribution is 6.28. The number of hydrogen-bond acceptors (Lipinski definition) is 5. The minimum atomic E-state index is 0.180. The van der Waals surface area contributed by atoms with E-state index in [4.69, 9.17) is 16.3 Å². The molecular weight excluding hydrogens is 324 g/mol. The topological polar surface area (TPSA) is 59.9 Å². The Labute approximate surface area is 145 Å². The van der Waals surface area contributed by atoms with Crippen molar-refractivity contribution in [1.82, 2.24) is 15.0 Å². The van der Waals surface area contributed by atoms with Gasteiger partial charge < -0.3 is 10.1 Å². The van der Waals surface area contributed by atoms with Gasteiger partial charge >= 0.3 is 0 Å². The van der Waals surface area contributed by atoms with E-state index in [1.54, 1.807) is 13.3 Å². The van der Waals surface area contributed by atoms with E-state index in [1.165, 1.54) is 0 Å². The third-order valence-corrected chi connectivity index (χ3v) is 3.75. The summed E-state index contributed by atoms with van der Waals surface area (Å²) >= 11 is 5.83. The van der Waals surface area contributed by atoms with E-state index in [-0.39, 0.29) is 5.28 Å². The van der Waals surface area contributed by atoms with Crippen molar-refractivity contribution in [2.24, 2.45) is 0 Å². The van der Waals surface area contributed by atoms with Gasteiger partial charge in [0.05, 0.1) is 19.0 Å². The quantitative estimate of drug-likeness (QED) is 0.708. The predicted octanol–water partition coefficient (Wildman–Crippen LogP) is 4.12. The van der Waals surface area contributed by atoms with E-state index in [9.17, 15) is 0 Å². The molecule has 0 unspecified atom stereocenters. The van der Waals surface area contributed by atoms with Crippen molar-refractivity contribution < 1.29 is 4.74 Å². The van der Waals surface area contributed by atoms with Crippen LogP contribution in [0.5, 0.6) is 5.75 Å². The van der Waals surface area contributed by atoms with Crippen molar-refractivity contribution >= 4 is 17.4 Å². The van der Waals surface area contributed by atoms with E-state index in [2.05, 4.69) is 50.6 Å². The van der Waals surface area contributed by atoms with Crippen LogP contribution in [0.15, 0.2) is 48.8 Å². The molecule has 0 radical (unpaired) electrons. The molecule has 122 valence electrons. The zero-order chi connectivity index (χ0) is 16.9. The van der Waals surface area contributed by atoms with Crippen LogP contribution >= 0.6 is 11.6 Å². The van der Waals surface area contributed by atoms with Crippen molar-refractivity contribution in [3.05, 3.63) is 65.2 Å². The summed E-state index contributed by atoms with van der Waals surface area (Å²) in [6, 6.07) is 12.3. The lowest BCUT2D eigenvalue weighted by molar-refractivity contribution is 0.412. The van der Waals surface area contributed by atoms with Gasteiger partial charge in [0.2, 0.25) is 5.28 Å². The molecule has 6 heteroatoms. The largest absolute Gasteiger partial charge is 0.491 e. The van der Waals surface area contributed by atoms with Crippen molar-refractivity contribution in [1.29, 1.82) is 0 Å². The summed E-state index contributed by atoms with van der Waals surface area (Å²) in [5.74, 6) is 1.13. The van der Waals surface area contributed by atoms with Crippen LogP contribution in [0.25, 0.3) is 11.3 Å². The molecule has 0 amide bonds. The monoisotopic (exact) mass is 340 g/mol. The van der Waals surface area contributed by atoms with Gasteiger partial charge in [-0.15, -0.1) is 0 Å². The van der Waals surface area contributed by atoms with Gasteiger partial charge in [-0.3, -0.25) is 4.98 Å². The SMILES string of the molecule is COc1cnc(Cl)nc1NCc1ccc(-c2ccc(C)cn2)cc1. The van der Waals surface area contributed by atoms with Crippen molar-refractivity contribution in [2.75, 3.05) is 12.4 Å². The lowest BCUT2D eigenvalue weighted by Crippen LogP contribution is -2.04. The minimum absolute atomic E-state index is 0.180. The fourth-order valence-corrected chi connectivity index (χ4v) is 2.38. The molecule has 1 N–H and O–H groups in total. The Morgan fingerprint density at radius 1 is 1.04 bits per heavy atom. The number of ether oxygens (including phenoxy) is 1. The number of halogens is 1. The van der Waals surface area contributed by atoms with Gasteiger partial charge in [0.25, 0.3) is 0 Å². The molecule has 0 bridgehead atoms. The average molecular weight is 341 g/mol. The molecule has 0 aliphatic rings. The van der Waals surface area contributed by atoms with Crippen LogP contribution in [0.2, 0.25) is 5.28 Å². The van der Waals surface area contributed by atoms with E-state index < -0.39 is 0 Å². The van der Waals surface area contributed by atoms with Crippen molar-refractivity contribution in [3.63, 3.8) is 0 Å². The molecule has 24 heavy (non-hydrogen) atoms. The highest BCUT2D eigenvalue weighted by Crippen LogP contribution is 2.23. The number of hydrogen-bond donors (Lipinski definition) is 1. The molecular formula is C18H17ClN4O. The van der Waals surface area contributed by atoms with Gasteiger partial charge in [-0.2, -0.15) is 4.98 Å². The van der Waals surface area contributed by atoms with Crippen LogP contribution in [-0.4, -0.2) is 22.1 Å². The second-order valence-electron chi connectivity index (χ2n) is 5.33. The molecule has 0 saturated carbocycles. The third-order valence-electron chi connectivity index (χ3n) is 3.57. The smallest absolute Gasteiger partial charge is 0.224 e. The second-order valence-corrected chi connectivity index (χ2v) is 5.67. The van der Waals surface area contributed by atoms with E-state index >= 15 is 0 Å². The van der Waals surface area contributed by atoms with Crippen LogP contribution in [0.4, 0.5) is 5.82 Å². The minimum Gasteiger partial charge on any atom is -0.491 e. The summed E-state index contributed by atoms with van der Waals surface area (Å²) in [5.41, 5.74) is 4.31. The number of pyridine rings is 1. The van der Waals surface area contributed by atoms with Gasteiger partial charge in [-0.1, -0.05) is 30.3 Å². The number of benzene rings is 1. The molecule has 0 aliphatic heterocycles. The predicted molar refractivity (Wildman–Crippen MR) is 95.3 cm³/mol. The summed E-state index contributed by atoms with van der Waals surface area (Å²) < 4.78 is 5.22. The molecule has 3 rings (SSSR count). The van der Waals surface area contributed by atoms with E-state index in [0.29, 0.717) is 18.1 Å². The second kappa shape index (κ2) is 7.27. The lowest BCUT2D eigenvalue weighted by Gasteiger charge is -2.10. The fourth-order valence-electron chi connectivity index (χ4n) is 2.24. The Morgan fingerprint density at radius 3 is 2.50 bits per heavy atom. The molecule has 3 aromatic rings. The number of aromatic nitrogens is 3. The maximum absolute atomic E-state index is 5.83. The molecule has 0 aliphatic carbocycles. The maximum atomic E-state index is 5.83. The Kier molecular flexibility index (Phi) is 4.91. The van der Waals surface area contributed by atoms with E-state index in [0.717, 1.165) is 22.4 Å². The van der Waals surface area contributed by atoms with Crippen LogP contribution in [-0.2, 0) is 6.54 Å². The Morgan fingerprint density at radius 2 is 1.83 bits per heavy atom. The van der Waals surface area contributed by atoms with Gasteiger partial charge in [-0.05, 0) is 35.7 Å². The molecule has 2 heterocycles. The van der Waals surface area contributed by atoms with Gasteiger partial charge in [0.15, 0.2) is 11.6 Å². The Balaban J connectivity index is 1.71. The van der Waals surface area contributed by atoms with Crippen molar-refractivity contribution in [2.45, 2.75) is 13.5 Å². The Hall–Kier alpha value is -2.66. The molecule has 0 saturated heterocycles. The molecule has 0 atom stereocenters. The molecule has 0 fully saturated rings. The standard InChI is InChI=1S/C18H17ClN4O/c1-12-3-8-15(20-9-12)14-6-4-13(5-7-14)10-21-17-16(24-2)11-22-18(19)23-17/h3-9,11H,10H2,1-2H3,(H,21,22,23). The number of methoxy groups -OCH3 is 1. The third kappa shape index (κ3) is 3.81. The molecule has 2 aromatic heterocycles. The van der Waals surface area contributed by atoms with Crippen LogP contribution in [0, 0.1) is 6.92 Å². The molecule has 5 nitrogen and oxygen atoms in total. The first-order chi connectivity index (χ1) is 11.7. The first-order valence-electron chi connectivity index (χ1n) is 7.48. The number of aryl methyl sites for hydroxylation is 1. The normalized spacial score (nSPS) is 10.5. The summed E-state index contributed by atoms with van der Waals surface area (Å²) in [5, 5.41) is 3.39. The summed E-state index contributed by atoms with van der Waals surface area (Å²) in [6.07, 6.45) is 3.42. The van der Waals surface area contributed by atoms with E-state index in [1.807, 2.05) is 19.2 Å². The maximum Gasteiger partial charge on any atom is 0.224 e.